The number of fused-ring (bicyclic) bond motifs is 1. The van der Waals surface area contributed by atoms with Gasteiger partial charge in [-0.15, -0.1) is 0 Å². The third kappa shape index (κ3) is 8.36. The summed E-state index contributed by atoms with van der Waals surface area (Å²) < 4.78 is 4.78. The van der Waals surface area contributed by atoms with Gasteiger partial charge in [-0.3, -0.25) is 9.59 Å². The molecule has 5 N–H and O–H groups in total. The highest BCUT2D eigenvalue weighted by molar-refractivity contribution is 5.88. The molecule has 5 aromatic rings. The van der Waals surface area contributed by atoms with Crippen LogP contribution in [0, 0.1) is 11.8 Å². The Morgan fingerprint density at radius 1 is 0.712 bits per heavy atom. The Balaban J connectivity index is 1.04. The Morgan fingerprint density at radius 3 is 1.80 bits per heavy atom. The van der Waals surface area contributed by atoms with Gasteiger partial charge in [-0.25, -0.2) is 24.5 Å². The Bertz CT molecular complexity index is 2340. The number of benzene rings is 2. The number of carboxylic acid groups (broad SMARTS) is 1. The number of methoxy groups -OCH3 is 1. The summed E-state index contributed by atoms with van der Waals surface area (Å²) in [4.78, 5) is 75.7. The van der Waals surface area contributed by atoms with Gasteiger partial charge in [0.25, 0.3) is 0 Å². The number of nitrogens with one attached hydrogen (secondary N) is 4. The number of nitrogens with zero attached hydrogens (tertiary/aromatic N) is 5. The van der Waals surface area contributed by atoms with E-state index < -0.39 is 24.3 Å². The van der Waals surface area contributed by atoms with Gasteiger partial charge in [-0.1, -0.05) is 64.1 Å². The first-order valence-electron chi connectivity index (χ1n) is 20.3. The maximum atomic E-state index is 13.8. The van der Waals surface area contributed by atoms with Crippen molar-refractivity contribution in [3.05, 3.63) is 78.6 Å². The summed E-state index contributed by atoms with van der Waals surface area (Å²) in [5.74, 6) is 0.638. The predicted octanol–water partition coefficient (Wildman–Crippen LogP) is 7.46. The van der Waals surface area contributed by atoms with Crippen LogP contribution >= 0.6 is 0 Å². The van der Waals surface area contributed by atoms with Crippen LogP contribution in [0.3, 0.4) is 0 Å². The Kier molecular flexibility index (Phi) is 11.7. The van der Waals surface area contributed by atoms with Crippen LogP contribution < -0.4 is 10.6 Å². The normalized spacial score (nSPS) is 20.3. The molecule has 15 nitrogen and oxygen atoms in total. The van der Waals surface area contributed by atoms with Gasteiger partial charge in [0.15, 0.2) is 0 Å². The second-order valence-electron chi connectivity index (χ2n) is 16.4. The average molecular weight is 804 g/mol. The highest BCUT2D eigenvalue weighted by atomic mass is 16.5. The number of hydrogen-bond donors (Lipinski definition) is 5. The van der Waals surface area contributed by atoms with E-state index in [1.165, 1.54) is 7.11 Å². The third-order valence-corrected chi connectivity index (χ3v) is 11.8. The van der Waals surface area contributed by atoms with E-state index in [0.29, 0.717) is 18.1 Å². The first kappa shape index (κ1) is 40.9. The van der Waals surface area contributed by atoms with Gasteiger partial charge in [-0.05, 0) is 86.3 Å². The third-order valence-electron chi connectivity index (χ3n) is 11.8. The van der Waals surface area contributed by atoms with Crippen LogP contribution in [0.5, 0.6) is 0 Å². The number of aromatic nitrogens is 5. The zero-order valence-corrected chi connectivity index (χ0v) is 34.5. The summed E-state index contributed by atoms with van der Waals surface area (Å²) in [6, 6.07) is 16.2. The number of alkyl carbamates (subject to hydrolysis) is 1. The summed E-state index contributed by atoms with van der Waals surface area (Å²) in [5, 5.41) is 15.5. The Morgan fingerprint density at radius 2 is 1.24 bits per heavy atom. The summed E-state index contributed by atoms with van der Waals surface area (Å²) in [7, 11) is 1.29. The first-order valence-corrected chi connectivity index (χ1v) is 20.3. The summed E-state index contributed by atoms with van der Waals surface area (Å²) >= 11 is 0. The van der Waals surface area contributed by atoms with E-state index in [9.17, 15) is 24.3 Å². The Labute approximate surface area is 343 Å². The van der Waals surface area contributed by atoms with Crippen molar-refractivity contribution in [1.29, 1.82) is 0 Å². The van der Waals surface area contributed by atoms with E-state index in [4.69, 9.17) is 14.7 Å². The molecule has 2 aliphatic rings. The maximum absolute atomic E-state index is 13.8. The van der Waals surface area contributed by atoms with Crippen LogP contribution in [-0.2, 0) is 14.3 Å². The summed E-state index contributed by atoms with van der Waals surface area (Å²) in [5.41, 5.74) is 6.17. The number of imidazole rings is 2. The number of H-pyrrole nitrogens is 2. The van der Waals surface area contributed by atoms with Crippen LogP contribution in [0.25, 0.3) is 44.7 Å². The fourth-order valence-electron chi connectivity index (χ4n) is 8.50. The smallest absolute Gasteiger partial charge is 0.407 e. The molecule has 3 aromatic heterocycles. The second-order valence-corrected chi connectivity index (χ2v) is 16.4. The van der Waals surface area contributed by atoms with Crippen molar-refractivity contribution in [1.82, 2.24) is 45.4 Å². The SMILES string of the molecule is COC(=O)N[C@H](C(=O)N1[C@@H](C)CC[C@H]1c1ncc(-c2ccc(-c3ccc4nc(-c5cnc([C@@H]6CC[C@H](C)N6C(=O)[C@@H](NC(=O)O)C(C)C)[nH]5)ccc4c3)cc2)[nH]1)C(C)C. The molecular weight excluding hydrogens is 751 g/mol. The largest absolute Gasteiger partial charge is 0.465 e. The highest BCUT2D eigenvalue weighted by Crippen LogP contribution is 2.38. The van der Waals surface area contributed by atoms with Gasteiger partial charge in [-0.2, -0.15) is 0 Å². The van der Waals surface area contributed by atoms with Crippen molar-refractivity contribution in [3.8, 4) is 33.8 Å². The second kappa shape index (κ2) is 16.9. The Hall–Kier alpha value is -6.25. The number of rotatable bonds is 11. The molecule has 2 aromatic carbocycles. The highest BCUT2D eigenvalue weighted by Gasteiger charge is 2.42. The van der Waals surface area contributed by atoms with Gasteiger partial charge in [0, 0.05) is 17.5 Å². The molecule has 2 saturated heterocycles. The minimum absolute atomic E-state index is 0.00594. The van der Waals surface area contributed by atoms with Crippen LogP contribution in [0.1, 0.15) is 91.0 Å². The molecule has 7 rings (SSSR count). The van der Waals surface area contributed by atoms with Gasteiger partial charge < -0.3 is 40.2 Å². The topological polar surface area (TPSA) is 199 Å². The van der Waals surface area contributed by atoms with Crippen molar-refractivity contribution >= 4 is 34.9 Å². The predicted molar refractivity (Wildman–Crippen MR) is 223 cm³/mol. The number of ether oxygens (including phenoxy) is 1. The van der Waals surface area contributed by atoms with Gasteiger partial charge in [0.2, 0.25) is 11.8 Å². The zero-order valence-electron chi connectivity index (χ0n) is 34.5. The van der Waals surface area contributed by atoms with Crippen molar-refractivity contribution in [2.24, 2.45) is 11.8 Å². The molecule has 4 amide bonds. The van der Waals surface area contributed by atoms with E-state index in [2.05, 4.69) is 55.9 Å². The molecule has 59 heavy (non-hydrogen) atoms. The molecule has 2 aliphatic heterocycles. The number of hydrogen-bond acceptors (Lipinski definition) is 8. The number of carbonyl (C=O) groups excluding carboxylic acids is 3. The van der Waals surface area contributed by atoms with Gasteiger partial charge >= 0.3 is 12.2 Å². The van der Waals surface area contributed by atoms with Crippen LogP contribution in [0.2, 0.25) is 0 Å². The number of aromatic amines is 2. The van der Waals surface area contributed by atoms with Crippen molar-refractivity contribution in [2.45, 2.75) is 103 Å². The number of likely N-dealkylation sites (tertiary alicyclic amines) is 2. The first-order chi connectivity index (χ1) is 28.2. The van der Waals surface area contributed by atoms with Crippen molar-refractivity contribution in [2.75, 3.05) is 7.11 Å². The molecule has 0 saturated carbocycles. The van der Waals surface area contributed by atoms with Gasteiger partial charge in [0.1, 0.15) is 23.7 Å². The molecule has 15 heteroatoms. The molecule has 6 atom stereocenters. The zero-order chi connectivity index (χ0) is 42.1. The molecular formula is C44H53N9O6. The lowest BCUT2D eigenvalue weighted by molar-refractivity contribution is -0.138. The minimum Gasteiger partial charge on any atom is -0.465 e. The van der Waals surface area contributed by atoms with E-state index >= 15 is 0 Å². The van der Waals surface area contributed by atoms with E-state index in [-0.39, 0.29) is 47.8 Å². The molecule has 0 bridgehead atoms. The maximum Gasteiger partial charge on any atom is 0.407 e. The van der Waals surface area contributed by atoms with Crippen molar-refractivity contribution in [3.63, 3.8) is 0 Å². The van der Waals surface area contributed by atoms with Gasteiger partial charge in [0.05, 0.1) is 54.2 Å². The average Bonchev–Trinajstić information content (AvgIpc) is 4.05. The lowest BCUT2D eigenvalue weighted by Crippen LogP contribution is -2.52. The summed E-state index contributed by atoms with van der Waals surface area (Å²) in [6.45, 7) is 11.5. The molecule has 0 unspecified atom stereocenters. The molecule has 0 radical (unpaired) electrons. The quantitative estimate of drug-likeness (QED) is 0.0900. The van der Waals surface area contributed by atoms with E-state index in [1.54, 1.807) is 17.3 Å². The fraction of sp³-hybridized carbons (Fsp3) is 0.432. The molecule has 5 heterocycles. The number of pyridine rings is 1. The molecule has 310 valence electrons. The fourth-order valence-corrected chi connectivity index (χ4v) is 8.50. The van der Waals surface area contributed by atoms with E-state index in [0.717, 1.165) is 63.9 Å². The lowest BCUT2D eigenvalue weighted by Gasteiger charge is -2.32. The minimum atomic E-state index is -1.22. The monoisotopic (exact) mass is 803 g/mol. The lowest BCUT2D eigenvalue weighted by atomic mass is 10.0. The standard InChI is InChI=1S/C44H53N9O6/c1-23(2)37(50-43(56)57)41(54)52-25(5)9-19-36(52)40-46-22-34(49-40)32-17-15-30-20-29(14-16-31(30)47-32)27-10-12-28(13-11-27)33-21-45-39(48-33)35-18-8-26(6)53(35)42(55)38(24(3)4)51-44(58)59-7/h10-17,20-26,35-38,50H,8-9,18-19H2,1-7H3,(H,45,48)(H,46,49)(H,51,58)(H,56,57)/t25-,26-,35-,36-,37-,38-/m0/s1. The molecule has 0 aliphatic carbocycles. The summed E-state index contributed by atoms with van der Waals surface area (Å²) in [6.07, 6.45) is 4.78. The van der Waals surface area contributed by atoms with Crippen LogP contribution in [-0.4, -0.2) is 95.1 Å². The number of carbonyl (C=O) groups is 4. The van der Waals surface area contributed by atoms with E-state index in [1.807, 2.05) is 70.7 Å². The molecule has 2 fully saturated rings. The van der Waals surface area contributed by atoms with Crippen LogP contribution in [0.4, 0.5) is 9.59 Å². The van der Waals surface area contributed by atoms with Crippen LogP contribution in [0.15, 0.2) is 67.0 Å². The van der Waals surface area contributed by atoms with Crippen molar-refractivity contribution < 1.29 is 29.0 Å². The number of amides is 4. The molecule has 0 spiro atoms.